The van der Waals surface area contributed by atoms with Gasteiger partial charge in [-0.1, -0.05) is 5.21 Å². The fourth-order valence-electron chi connectivity index (χ4n) is 2.37. The predicted molar refractivity (Wildman–Crippen MR) is 91.2 cm³/mol. The van der Waals surface area contributed by atoms with Gasteiger partial charge in [-0.05, 0) is 52.0 Å². The first-order valence-corrected chi connectivity index (χ1v) is 7.81. The summed E-state index contributed by atoms with van der Waals surface area (Å²) in [5.74, 6) is -0.141. The van der Waals surface area contributed by atoms with Crippen molar-refractivity contribution in [3.8, 4) is 5.69 Å². The largest absolute Gasteiger partial charge is 0.305 e. The number of hydrogen-bond acceptors (Lipinski definition) is 4. The molecule has 0 aliphatic carbocycles. The standard InChI is InChI=1S/C17H19FN6O/c1-11-9-15(24(21-11)17(2,3)4)19-16(25)14-10-23(22-20-14)13-7-5-12(18)6-8-13/h5-10H,1-4H3,(H,19,25). The van der Waals surface area contributed by atoms with Crippen molar-refractivity contribution >= 4 is 11.7 Å². The molecule has 25 heavy (non-hydrogen) atoms. The van der Waals surface area contributed by atoms with E-state index in [0.29, 0.717) is 11.5 Å². The Hall–Kier alpha value is -3.03. The van der Waals surface area contributed by atoms with Crippen LogP contribution in [0.25, 0.3) is 5.69 Å². The van der Waals surface area contributed by atoms with Gasteiger partial charge in [-0.15, -0.1) is 5.10 Å². The molecule has 1 amide bonds. The van der Waals surface area contributed by atoms with Crippen molar-refractivity contribution in [2.45, 2.75) is 33.2 Å². The predicted octanol–water partition coefficient (Wildman–Crippen LogP) is 2.92. The Balaban J connectivity index is 1.82. The molecule has 0 atom stereocenters. The minimum Gasteiger partial charge on any atom is -0.305 e. The third-order valence-corrected chi connectivity index (χ3v) is 3.53. The zero-order valence-electron chi connectivity index (χ0n) is 14.5. The van der Waals surface area contributed by atoms with Gasteiger partial charge in [0.15, 0.2) is 5.69 Å². The lowest BCUT2D eigenvalue weighted by molar-refractivity contribution is 0.102. The fraction of sp³-hybridized carbons (Fsp3) is 0.294. The van der Waals surface area contributed by atoms with Gasteiger partial charge in [-0.25, -0.2) is 13.8 Å². The topological polar surface area (TPSA) is 77.6 Å². The maximum absolute atomic E-state index is 13.0. The second-order valence-corrected chi connectivity index (χ2v) is 6.73. The number of rotatable bonds is 3. The first kappa shape index (κ1) is 16.8. The SMILES string of the molecule is Cc1cc(NC(=O)c2cn(-c3ccc(F)cc3)nn2)n(C(C)(C)C)n1. The van der Waals surface area contributed by atoms with Crippen LogP contribution in [0.2, 0.25) is 0 Å². The van der Waals surface area contributed by atoms with Crippen LogP contribution in [0.5, 0.6) is 0 Å². The zero-order chi connectivity index (χ0) is 18.2. The highest BCUT2D eigenvalue weighted by atomic mass is 19.1. The van der Waals surface area contributed by atoms with E-state index in [0.717, 1.165) is 5.69 Å². The number of nitrogens with zero attached hydrogens (tertiary/aromatic N) is 5. The number of aromatic nitrogens is 5. The highest BCUT2D eigenvalue weighted by Crippen LogP contribution is 2.21. The third kappa shape index (κ3) is 3.57. The molecule has 7 nitrogen and oxygen atoms in total. The average Bonchev–Trinajstić information content (AvgIpc) is 3.14. The summed E-state index contributed by atoms with van der Waals surface area (Å²) in [7, 11) is 0. The van der Waals surface area contributed by atoms with Gasteiger partial charge in [-0.3, -0.25) is 4.79 Å². The Labute approximate surface area is 144 Å². The van der Waals surface area contributed by atoms with E-state index in [2.05, 4.69) is 20.7 Å². The molecule has 0 spiro atoms. The molecule has 3 aromatic rings. The molecule has 8 heteroatoms. The number of carbonyl (C=O) groups is 1. The molecule has 1 aromatic carbocycles. The number of carbonyl (C=O) groups excluding carboxylic acids is 1. The monoisotopic (exact) mass is 342 g/mol. The molecule has 2 aromatic heterocycles. The second-order valence-electron chi connectivity index (χ2n) is 6.73. The molecule has 0 saturated carbocycles. The second kappa shape index (κ2) is 6.12. The van der Waals surface area contributed by atoms with Crippen LogP contribution < -0.4 is 5.32 Å². The van der Waals surface area contributed by atoms with Gasteiger partial charge in [0.2, 0.25) is 0 Å². The number of hydrogen-bond donors (Lipinski definition) is 1. The van der Waals surface area contributed by atoms with Crippen LogP contribution in [0.3, 0.4) is 0 Å². The highest BCUT2D eigenvalue weighted by molar-refractivity contribution is 6.02. The molecule has 2 heterocycles. The molecule has 0 fully saturated rings. The summed E-state index contributed by atoms with van der Waals surface area (Å²) < 4.78 is 16.2. The lowest BCUT2D eigenvalue weighted by Gasteiger charge is -2.22. The molecule has 1 N–H and O–H groups in total. The minimum atomic E-state index is -0.390. The smallest absolute Gasteiger partial charge is 0.279 e. The maximum atomic E-state index is 13.0. The van der Waals surface area contributed by atoms with Crippen molar-refractivity contribution in [1.29, 1.82) is 0 Å². The Morgan fingerprint density at radius 2 is 1.88 bits per heavy atom. The van der Waals surface area contributed by atoms with E-state index in [1.165, 1.54) is 23.0 Å². The van der Waals surface area contributed by atoms with Gasteiger partial charge in [-0.2, -0.15) is 5.10 Å². The molecule has 0 bridgehead atoms. The highest BCUT2D eigenvalue weighted by Gasteiger charge is 2.21. The van der Waals surface area contributed by atoms with Crippen molar-refractivity contribution in [3.63, 3.8) is 0 Å². The van der Waals surface area contributed by atoms with E-state index in [-0.39, 0.29) is 17.1 Å². The zero-order valence-corrected chi connectivity index (χ0v) is 14.5. The van der Waals surface area contributed by atoms with Crippen molar-refractivity contribution in [2.75, 3.05) is 5.32 Å². The van der Waals surface area contributed by atoms with E-state index in [1.54, 1.807) is 22.9 Å². The van der Waals surface area contributed by atoms with Crippen LogP contribution in [-0.4, -0.2) is 30.7 Å². The Bertz CT molecular complexity index is 904. The molecule has 0 aliphatic rings. The van der Waals surface area contributed by atoms with Crippen LogP contribution in [0.4, 0.5) is 10.2 Å². The number of aryl methyl sites for hydroxylation is 1. The summed E-state index contributed by atoms with van der Waals surface area (Å²) in [5, 5.41) is 15.0. The van der Waals surface area contributed by atoms with Crippen molar-refractivity contribution in [2.24, 2.45) is 0 Å². The van der Waals surface area contributed by atoms with Crippen LogP contribution in [-0.2, 0) is 5.54 Å². The summed E-state index contributed by atoms with van der Waals surface area (Å²) in [5.41, 5.74) is 1.30. The summed E-state index contributed by atoms with van der Waals surface area (Å²) in [6, 6.07) is 7.56. The van der Waals surface area contributed by atoms with Crippen LogP contribution in [0, 0.1) is 12.7 Å². The summed E-state index contributed by atoms with van der Waals surface area (Å²) in [6.45, 7) is 7.86. The summed E-state index contributed by atoms with van der Waals surface area (Å²) in [6.07, 6.45) is 1.49. The van der Waals surface area contributed by atoms with Gasteiger partial charge in [0.1, 0.15) is 11.6 Å². The van der Waals surface area contributed by atoms with Crippen LogP contribution >= 0.6 is 0 Å². The number of halogens is 1. The Morgan fingerprint density at radius 3 is 2.52 bits per heavy atom. The number of anilines is 1. The first-order chi connectivity index (χ1) is 11.7. The summed E-state index contributed by atoms with van der Waals surface area (Å²) in [4.78, 5) is 12.5. The Kier molecular flexibility index (Phi) is 4.12. The van der Waals surface area contributed by atoms with Gasteiger partial charge in [0.25, 0.3) is 5.91 Å². The molecule has 0 saturated heterocycles. The maximum Gasteiger partial charge on any atom is 0.279 e. The van der Waals surface area contributed by atoms with E-state index < -0.39 is 5.91 Å². The molecule has 130 valence electrons. The number of nitrogens with one attached hydrogen (secondary N) is 1. The molecule has 0 aliphatic heterocycles. The van der Waals surface area contributed by atoms with Gasteiger partial charge in [0.05, 0.1) is 23.1 Å². The molecule has 0 radical (unpaired) electrons. The van der Waals surface area contributed by atoms with E-state index in [9.17, 15) is 9.18 Å². The van der Waals surface area contributed by atoms with Gasteiger partial charge < -0.3 is 5.32 Å². The van der Waals surface area contributed by atoms with E-state index in [4.69, 9.17) is 0 Å². The molecule has 0 unspecified atom stereocenters. The van der Waals surface area contributed by atoms with Gasteiger partial charge >= 0.3 is 0 Å². The molecular weight excluding hydrogens is 323 g/mol. The lowest BCUT2D eigenvalue weighted by atomic mass is 10.1. The van der Waals surface area contributed by atoms with E-state index >= 15 is 0 Å². The number of benzene rings is 1. The third-order valence-electron chi connectivity index (χ3n) is 3.53. The fourth-order valence-corrected chi connectivity index (χ4v) is 2.37. The summed E-state index contributed by atoms with van der Waals surface area (Å²) >= 11 is 0. The van der Waals surface area contributed by atoms with E-state index in [1.807, 2.05) is 27.7 Å². The first-order valence-electron chi connectivity index (χ1n) is 7.81. The van der Waals surface area contributed by atoms with Crippen molar-refractivity contribution in [1.82, 2.24) is 24.8 Å². The lowest BCUT2D eigenvalue weighted by Crippen LogP contribution is -2.26. The molecular formula is C17H19FN6O. The van der Waals surface area contributed by atoms with Crippen molar-refractivity contribution in [3.05, 3.63) is 53.7 Å². The molecule has 3 rings (SSSR count). The van der Waals surface area contributed by atoms with Crippen LogP contribution in [0.15, 0.2) is 36.5 Å². The minimum absolute atomic E-state index is 0.156. The average molecular weight is 342 g/mol. The van der Waals surface area contributed by atoms with Crippen molar-refractivity contribution < 1.29 is 9.18 Å². The number of amides is 1. The quantitative estimate of drug-likeness (QED) is 0.794. The normalized spacial score (nSPS) is 11.6. The Morgan fingerprint density at radius 1 is 1.20 bits per heavy atom. The van der Waals surface area contributed by atoms with Crippen LogP contribution in [0.1, 0.15) is 37.0 Å². The van der Waals surface area contributed by atoms with Gasteiger partial charge in [0, 0.05) is 6.07 Å².